The molecule has 0 saturated carbocycles. The van der Waals surface area contributed by atoms with E-state index in [-0.39, 0.29) is 0 Å². The molecule has 1 heterocycles. The molecule has 3 N–H and O–H groups in total. The van der Waals surface area contributed by atoms with Crippen molar-refractivity contribution in [3.05, 3.63) is 53.5 Å². The third-order valence-corrected chi connectivity index (χ3v) is 2.68. The van der Waals surface area contributed by atoms with Gasteiger partial charge in [0.2, 0.25) is 5.91 Å². The van der Waals surface area contributed by atoms with Gasteiger partial charge in [0.05, 0.1) is 6.54 Å². The van der Waals surface area contributed by atoms with Crippen LogP contribution in [0.4, 0.5) is 5.69 Å². The van der Waals surface area contributed by atoms with Crippen LogP contribution >= 0.6 is 0 Å². The Kier molecular flexibility index (Phi) is 3.67. The number of hydrogen-bond acceptors (Lipinski definition) is 3. The lowest BCUT2D eigenvalue weighted by Gasteiger charge is -2.05. The SMILES string of the molecule is CCc1ccc(CNc2cccc(C(N)=O)c2)o1. The average molecular weight is 244 g/mol. The summed E-state index contributed by atoms with van der Waals surface area (Å²) in [7, 11) is 0. The Morgan fingerprint density at radius 2 is 2.06 bits per heavy atom. The second-order valence-electron chi connectivity index (χ2n) is 4.02. The lowest BCUT2D eigenvalue weighted by atomic mass is 10.2. The fraction of sp³-hybridized carbons (Fsp3) is 0.214. The smallest absolute Gasteiger partial charge is 0.248 e. The minimum atomic E-state index is -0.426. The molecule has 0 atom stereocenters. The first kappa shape index (κ1) is 12.2. The molecule has 1 aromatic heterocycles. The van der Waals surface area contributed by atoms with Gasteiger partial charge < -0.3 is 15.5 Å². The van der Waals surface area contributed by atoms with E-state index in [0.29, 0.717) is 12.1 Å². The van der Waals surface area contributed by atoms with E-state index in [9.17, 15) is 4.79 Å². The fourth-order valence-corrected chi connectivity index (χ4v) is 1.68. The number of nitrogens with one attached hydrogen (secondary N) is 1. The second kappa shape index (κ2) is 5.40. The monoisotopic (exact) mass is 244 g/mol. The molecule has 2 rings (SSSR count). The maximum atomic E-state index is 11.0. The molecule has 4 heteroatoms. The molecule has 0 fully saturated rings. The second-order valence-corrected chi connectivity index (χ2v) is 4.02. The maximum absolute atomic E-state index is 11.0. The Hall–Kier alpha value is -2.23. The summed E-state index contributed by atoms with van der Waals surface area (Å²) in [6.45, 7) is 2.63. The summed E-state index contributed by atoms with van der Waals surface area (Å²) >= 11 is 0. The van der Waals surface area contributed by atoms with Gasteiger partial charge in [-0.05, 0) is 30.3 Å². The molecule has 0 aliphatic carbocycles. The molecule has 94 valence electrons. The van der Waals surface area contributed by atoms with Crippen molar-refractivity contribution >= 4 is 11.6 Å². The molecule has 0 aliphatic heterocycles. The zero-order chi connectivity index (χ0) is 13.0. The number of carbonyl (C=O) groups excluding carboxylic acids is 1. The highest BCUT2D eigenvalue weighted by atomic mass is 16.3. The van der Waals surface area contributed by atoms with Crippen LogP contribution in [0.15, 0.2) is 40.8 Å². The number of benzene rings is 1. The summed E-state index contributed by atoms with van der Waals surface area (Å²) in [6.07, 6.45) is 0.886. The number of aryl methyl sites for hydroxylation is 1. The van der Waals surface area contributed by atoms with Crippen molar-refractivity contribution in [2.24, 2.45) is 5.73 Å². The molecule has 18 heavy (non-hydrogen) atoms. The van der Waals surface area contributed by atoms with E-state index in [2.05, 4.69) is 5.32 Å². The van der Waals surface area contributed by atoms with Crippen molar-refractivity contribution in [1.29, 1.82) is 0 Å². The van der Waals surface area contributed by atoms with Gasteiger partial charge in [0.15, 0.2) is 0 Å². The van der Waals surface area contributed by atoms with E-state index in [1.54, 1.807) is 18.2 Å². The van der Waals surface area contributed by atoms with Crippen LogP contribution in [0.3, 0.4) is 0 Å². The molecular weight excluding hydrogens is 228 g/mol. The summed E-state index contributed by atoms with van der Waals surface area (Å²) in [5.74, 6) is 1.42. The van der Waals surface area contributed by atoms with E-state index in [1.807, 2.05) is 25.1 Å². The highest BCUT2D eigenvalue weighted by Gasteiger charge is 2.03. The van der Waals surface area contributed by atoms with Crippen molar-refractivity contribution in [1.82, 2.24) is 0 Å². The standard InChI is InChI=1S/C14H16N2O2/c1-2-12-6-7-13(18-12)9-16-11-5-3-4-10(8-11)14(15)17/h3-8,16H,2,9H2,1H3,(H2,15,17). The van der Waals surface area contributed by atoms with Gasteiger partial charge in [-0.15, -0.1) is 0 Å². The highest BCUT2D eigenvalue weighted by molar-refractivity contribution is 5.93. The predicted octanol–water partition coefficient (Wildman–Crippen LogP) is 2.55. The van der Waals surface area contributed by atoms with Crippen LogP contribution in [0.1, 0.15) is 28.8 Å². The van der Waals surface area contributed by atoms with Gasteiger partial charge in [0.25, 0.3) is 0 Å². The number of primary amides is 1. The minimum Gasteiger partial charge on any atom is -0.464 e. The minimum absolute atomic E-state index is 0.426. The highest BCUT2D eigenvalue weighted by Crippen LogP contribution is 2.13. The summed E-state index contributed by atoms with van der Waals surface area (Å²) in [4.78, 5) is 11.0. The van der Waals surface area contributed by atoms with Crippen LogP contribution in [0.5, 0.6) is 0 Å². The van der Waals surface area contributed by atoms with Crippen LogP contribution in [-0.4, -0.2) is 5.91 Å². The molecular formula is C14H16N2O2. The largest absolute Gasteiger partial charge is 0.464 e. The number of carbonyl (C=O) groups is 1. The van der Waals surface area contributed by atoms with E-state index < -0.39 is 5.91 Å². The Morgan fingerprint density at radius 3 is 2.72 bits per heavy atom. The molecule has 2 aromatic rings. The van der Waals surface area contributed by atoms with Crippen LogP contribution in [0.25, 0.3) is 0 Å². The van der Waals surface area contributed by atoms with Crippen molar-refractivity contribution in [2.45, 2.75) is 19.9 Å². The number of furan rings is 1. The molecule has 1 aromatic carbocycles. The summed E-state index contributed by atoms with van der Waals surface area (Å²) in [6, 6.07) is 11.0. The normalized spacial score (nSPS) is 10.3. The Bertz CT molecular complexity index is 546. The number of rotatable bonds is 5. The van der Waals surface area contributed by atoms with Crippen molar-refractivity contribution in [3.8, 4) is 0 Å². The summed E-state index contributed by atoms with van der Waals surface area (Å²) < 4.78 is 5.58. The maximum Gasteiger partial charge on any atom is 0.248 e. The van der Waals surface area contributed by atoms with E-state index in [0.717, 1.165) is 23.6 Å². The van der Waals surface area contributed by atoms with Gasteiger partial charge in [-0.25, -0.2) is 0 Å². The Balaban J connectivity index is 2.01. The molecule has 0 saturated heterocycles. The number of hydrogen-bond donors (Lipinski definition) is 2. The Labute approximate surface area is 106 Å². The molecule has 1 amide bonds. The van der Waals surface area contributed by atoms with Crippen molar-refractivity contribution < 1.29 is 9.21 Å². The first-order valence-electron chi connectivity index (χ1n) is 5.90. The van der Waals surface area contributed by atoms with Crippen LogP contribution in [0, 0.1) is 0 Å². The van der Waals surface area contributed by atoms with E-state index >= 15 is 0 Å². The first-order valence-corrected chi connectivity index (χ1v) is 5.90. The van der Waals surface area contributed by atoms with Crippen LogP contribution < -0.4 is 11.1 Å². The van der Waals surface area contributed by atoms with Gasteiger partial charge in [-0.2, -0.15) is 0 Å². The fourth-order valence-electron chi connectivity index (χ4n) is 1.68. The predicted molar refractivity (Wildman–Crippen MR) is 70.4 cm³/mol. The van der Waals surface area contributed by atoms with Gasteiger partial charge in [-0.3, -0.25) is 4.79 Å². The molecule has 0 spiro atoms. The summed E-state index contributed by atoms with van der Waals surface area (Å²) in [5, 5.41) is 3.19. The Morgan fingerprint density at radius 1 is 1.28 bits per heavy atom. The zero-order valence-electron chi connectivity index (χ0n) is 10.3. The number of amides is 1. The topological polar surface area (TPSA) is 68.3 Å². The van der Waals surface area contributed by atoms with Gasteiger partial charge in [0, 0.05) is 17.7 Å². The van der Waals surface area contributed by atoms with Crippen molar-refractivity contribution in [3.63, 3.8) is 0 Å². The lowest BCUT2D eigenvalue weighted by Crippen LogP contribution is -2.11. The van der Waals surface area contributed by atoms with Gasteiger partial charge in [-0.1, -0.05) is 13.0 Å². The third kappa shape index (κ3) is 2.91. The summed E-state index contributed by atoms with van der Waals surface area (Å²) in [5.41, 5.74) is 6.57. The van der Waals surface area contributed by atoms with E-state index in [1.165, 1.54) is 0 Å². The molecule has 0 bridgehead atoms. The van der Waals surface area contributed by atoms with E-state index in [4.69, 9.17) is 10.2 Å². The van der Waals surface area contributed by atoms with Crippen LogP contribution in [-0.2, 0) is 13.0 Å². The quantitative estimate of drug-likeness (QED) is 0.849. The van der Waals surface area contributed by atoms with Gasteiger partial charge in [0.1, 0.15) is 11.5 Å². The van der Waals surface area contributed by atoms with Crippen LogP contribution in [0.2, 0.25) is 0 Å². The first-order chi connectivity index (χ1) is 8.69. The average Bonchev–Trinajstić information content (AvgIpc) is 2.84. The van der Waals surface area contributed by atoms with Crippen molar-refractivity contribution in [2.75, 3.05) is 5.32 Å². The number of anilines is 1. The molecule has 0 radical (unpaired) electrons. The lowest BCUT2D eigenvalue weighted by molar-refractivity contribution is 0.100. The molecule has 0 unspecified atom stereocenters. The molecule has 4 nitrogen and oxygen atoms in total. The zero-order valence-corrected chi connectivity index (χ0v) is 10.3. The third-order valence-electron chi connectivity index (χ3n) is 2.68. The molecule has 0 aliphatic rings. The number of nitrogens with two attached hydrogens (primary N) is 1. The van der Waals surface area contributed by atoms with Gasteiger partial charge >= 0.3 is 0 Å².